The number of nitrogens with zero attached hydrogens (tertiary/aromatic N) is 3. The zero-order chi connectivity index (χ0) is 10.5. The first-order chi connectivity index (χ1) is 7.34. The zero-order valence-corrected chi connectivity index (χ0v) is 8.62. The molecule has 1 aliphatic rings. The van der Waals surface area contributed by atoms with Crippen molar-refractivity contribution in [2.24, 2.45) is 0 Å². The minimum Gasteiger partial charge on any atom is -0.353 e. The van der Waals surface area contributed by atoms with Crippen molar-refractivity contribution in [3.8, 4) is 0 Å². The van der Waals surface area contributed by atoms with Crippen LogP contribution in [0.2, 0.25) is 0 Å². The second-order valence-electron chi connectivity index (χ2n) is 3.70. The van der Waals surface area contributed by atoms with E-state index in [9.17, 15) is 4.39 Å². The zero-order valence-electron chi connectivity index (χ0n) is 8.62. The SMILES string of the molecule is Fc1cnc(NCCN2CCCC2)nc1. The van der Waals surface area contributed by atoms with Crippen molar-refractivity contribution in [2.75, 3.05) is 31.5 Å². The number of rotatable bonds is 4. The van der Waals surface area contributed by atoms with E-state index in [2.05, 4.69) is 20.2 Å². The van der Waals surface area contributed by atoms with Gasteiger partial charge in [-0.1, -0.05) is 0 Å². The third kappa shape index (κ3) is 3.13. The Hall–Kier alpha value is -1.23. The summed E-state index contributed by atoms with van der Waals surface area (Å²) >= 11 is 0. The van der Waals surface area contributed by atoms with Crippen molar-refractivity contribution < 1.29 is 4.39 Å². The maximum Gasteiger partial charge on any atom is 0.222 e. The fourth-order valence-corrected chi connectivity index (χ4v) is 1.74. The molecule has 1 fully saturated rings. The molecule has 0 radical (unpaired) electrons. The van der Waals surface area contributed by atoms with Crippen LogP contribution < -0.4 is 5.32 Å². The predicted octanol–water partition coefficient (Wildman–Crippen LogP) is 1.12. The normalized spacial score (nSPS) is 16.9. The Morgan fingerprint density at radius 2 is 1.93 bits per heavy atom. The monoisotopic (exact) mass is 210 g/mol. The van der Waals surface area contributed by atoms with Crippen LogP contribution in [0.5, 0.6) is 0 Å². The van der Waals surface area contributed by atoms with E-state index < -0.39 is 5.82 Å². The highest BCUT2D eigenvalue weighted by molar-refractivity contribution is 5.22. The molecule has 0 unspecified atom stereocenters. The number of hydrogen-bond donors (Lipinski definition) is 1. The van der Waals surface area contributed by atoms with Crippen molar-refractivity contribution in [2.45, 2.75) is 12.8 Å². The average Bonchev–Trinajstić information content (AvgIpc) is 2.74. The molecule has 5 heteroatoms. The fourth-order valence-electron chi connectivity index (χ4n) is 1.74. The molecule has 1 aromatic heterocycles. The van der Waals surface area contributed by atoms with Crippen LogP contribution in [0.15, 0.2) is 12.4 Å². The van der Waals surface area contributed by atoms with Crippen molar-refractivity contribution in [1.29, 1.82) is 0 Å². The second-order valence-corrected chi connectivity index (χ2v) is 3.70. The Bertz CT molecular complexity index is 295. The van der Waals surface area contributed by atoms with E-state index in [1.165, 1.54) is 38.3 Å². The van der Waals surface area contributed by atoms with Crippen LogP contribution >= 0.6 is 0 Å². The lowest BCUT2D eigenvalue weighted by Crippen LogP contribution is -2.26. The van der Waals surface area contributed by atoms with Gasteiger partial charge in [0.15, 0.2) is 5.82 Å². The van der Waals surface area contributed by atoms with E-state index in [1.807, 2.05) is 0 Å². The number of likely N-dealkylation sites (tertiary alicyclic amines) is 1. The minimum atomic E-state index is -0.403. The Morgan fingerprint density at radius 1 is 1.27 bits per heavy atom. The summed E-state index contributed by atoms with van der Waals surface area (Å²) in [4.78, 5) is 10.1. The maximum atomic E-state index is 12.5. The number of hydrogen-bond acceptors (Lipinski definition) is 4. The first kappa shape index (κ1) is 10.3. The van der Waals surface area contributed by atoms with Crippen LogP contribution in [0.4, 0.5) is 10.3 Å². The first-order valence-corrected chi connectivity index (χ1v) is 5.28. The summed E-state index contributed by atoms with van der Waals surface area (Å²) in [7, 11) is 0. The van der Waals surface area contributed by atoms with E-state index in [0.717, 1.165) is 13.1 Å². The molecule has 2 heterocycles. The molecule has 0 amide bonds. The van der Waals surface area contributed by atoms with E-state index in [4.69, 9.17) is 0 Å². The summed E-state index contributed by atoms with van der Waals surface area (Å²) in [5, 5.41) is 3.07. The highest BCUT2D eigenvalue weighted by Crippen LogP contribution is 2.06. The topological polar surface area (TPSA) is 41.1 Å². The molecule has 0 aromatic carbocycles. The van der Waals surface area contributed by atoms with Crippen LogP contribution in [-0.2, 0) is 0 Å². The molecule has 1 saturated heterocycles. The summed E-state index contributed by atoms with van der Waals surface area (Å²) < 4.78 is 12.5. The molecule has 82 valence electrons. The predicted molar refractivity (Wildman–Crippen MR) is 56.2 cm³/mol. The Labute approximate surface area is 88.5 Å². The summed E-state index contributed by atoms with van der Waals surface area (Å²) in [5.41, 5.74) is 0. The molecule has 1 aliphatic heterocycles. The van der Waals surface area contributed by atoms with Gasteiger partial charge in [-0.3, -0.25) is 0 Å². The summed E-state index contributed by atoms with van der Waals surface area (Å²) in [6, 6.07) is 0. The molecule has 0 spiro atoms. The number of aromatic nitrogens is 2. The highest BCUT2D eigenvalue weighted by atomic mass is 19.1. The van der Waals surface area contributed by atoms with Crippen molar-refractivity contribution in [1.82, 2.24) is 14.9 Å². The van der Waals surface area contributed by atoms with Crippen molar-refractivity contribution in [3.05, 3.63) is 18.2 Å². The van der Waals surface area contributed by atoms with Gasteiger partial charge in [-0.05, 0) is 25.9 Å². The minimum absolute atomic E-state index is 0.403. The van der Waals surface area contributed by atoms with Gasteiger partial charge in [-0.25, -0.2) is 14.4 Å². The number of halogens is 1. The fraction of sp³-hybridized carbons (Fsp3) is 0.600. The van der Waals surface area contributed by atoms with Gasteiger partial charge in [0.1, 0.15) is 0 Å². The molecule has 0 aliphatic carbocycles. The summed E-state index contributed by atoms with van der Waals surface area (Å²) in [6.07, 6.45) is 4.94. The van der Waals surface area contributed by atoms with E-state index >= 15 is 0 Å². The molecule has 4 nitrogen and oxygen atoms in total. The summed E-state index contributed by atoms with van der Waals surface area (Å²) in [5.74, 6) is 0.0932. The van der Waals surface area contributed by atoms with Gasteiger partial charge >= 0.3 is 0 Å². The Balaban J connectivity index is 1.71. The van der Waals surface area contributed by atoms with Gasteiger partial charge in [0, 0.05) is 13.1 Å². The Kier molecular flexibility index (Phi) is 3.45. The molecular weight excluding hydrogens is 195 g/mol. The van der Waals surface area contributed by atoms with Crippen LogP contribution in [0, 0.1) is 5.82 Å². The lowest BCUT2D eigenvalue weighted by atomic mass is 10.4. The standard InChI is InChI=1S/C10H15FN4/c11-9-7-13-10(14-8-9)12-3-6-15-4-1-2-5-15/h7-8H,1-6H2,(H,12,13,14). The number of anilines is 1. The smallest absolute Gasteiger partial charge is 0.222 e. The van der Waals surface area contributed by atoms with Crippen LogP contribution in [0.3, 0.4) is 0 Å². The van der Waals surface area contributed by atoms with E-state index in [1.54, 1.807) is 0 Å². The van der Waals surface area contributed by atoms with Crippen LogP contribution in [0.25, 0.3) is 0 Å². The molecule has 0 atom stereocenters. The van der Waals surface area contributed by atoms with Crippen molar-refractivity contribution >= 4 is 5.95 Å². The summed E-state index contributed by atoms with van der Waals surface area (Å²) in [6.45, 7) is 4.18. The first-order valence-electron chi connectivity index (χ1n) is 5.28. The molecular formula is C10H15FN4. The molecule has 1 aromatic rings. The second kappa shape index (κ2) is 5.02. The third-order valence-corrected chi connectivity index (χ3v) is 2.53. The lowest BCUT2D eigenvalue weighted by molar-refractivity contribution is 0.352. The Morgan fingerprint density at radius 3 is 2.60 bits per heavy atom. The molecule has 15 heavy (non-hydrogen) atoms. The van der Waals surface area contributed by atoms with Gasteiger partial charge in [0.25, 0.3) is 0 Å². The average molecular weight is 210 g/mol. The van der Waals surface area contributed by atoms with E-state index in [-0.39, 0.29) is 0 Å². The van der Waals surface area contributed by atoms with Gasteiger partial charge in [-0.15, -0.1) is 0 Å². The van der Waals surface area contributed by atoms with Gasteiger partial charge in [0.2, 0.25) is 5.95 Å². The highest BCUT2D eigenvalue weighted by Gasteiger charge is 2.10. The van der Waals surface area contributed by atoms with Gasteiger partial charge in [-0.2, -0.15) is 0 Å². The van der Waals surface area contributed by atoms with Gasteiger partial charge < -0.3 is 10.2 Å². The lowest BCUT2D eigenvalue weighted by Gasteiger charge is -2.14. The third-order valence-electron chi connectivity index (χ3n) is 2.53. The van der Waals surface area contributed by atoms with E-state index in [0.29, 0.717) is 5.95 Å². The maximum absolute atomic E-state index is 12.5. The molecule has 0 saturated carbocycles. The quantitative estimate of drug-likeness (QED) is 0.808. The molecule has 0 bridgehead atoms. The largest absolute Gasteiger partial charge is 0.353 e. The number of nitrogens with one attached hydrogen (secondary N) is 1. The molecule has 2 rings (SSSR count). The van der Waals surface area contributed by atoms with Crippen LogP contribution in [-0.4, -0.2) is 41.0 Å². The molecule has 1 N–H and O–H groups in total. The van der Waals surface area contributed by atoms with Crippen molar-refractivity contribution in [3.63, 3.8) is 0 Å². The van der Waals surface area contributed by atoms with Gasteiger partial charge in [0.05, 0.1) is 12.4 Å². The van der Waals surface area contributed by atoms with Crippen LogP contribution in [0.1, 0.15) is 12.8 Å².